The Kier molecular flexibility index (Phi) is 3.16. The maximum Gasteiger partial charge on any atom is 0.0945 e. The van der Waals surface area contributed by atoms with Crippen molar-refractivity contribution in [2.75, 3.05) is 0 Å². The van der Waals surface area contributed by atoms with Gasteiger partial charge in [0.2, 0.25) is 0 Å². The van der Waals surface area contributed by atoms with Crippen LogP contribution in [-0.2, 0) is 5.60 Å². The summed E-state index contributed by atoms with van der Waals surface area (Å²) < 4.78 is 0. The number of hydrogen-bond acceptors (Lipinski definition) is 2. The Morgan fingerprint density at radius 3 is 2.44 bits per heavy atom. The van der Waals surface area contributed by atoms with Gasteiger partial charge in [-0.1, -0.05) is 49.9 Å². The van der Waals surface area contributed by atoms with Crippen molar-refractivity contribution in [2.24, 2.45) is 11.7 Å². The zero-order valence-electron chi connectivity index (χ0n) is 10.9. The smallest absolute Gasteiger partial charge is 0.0945 e. The van der Waals surface area contributed by atoms with Crippen molar-refractivity contribution in [1.29, 1.82) is 0 Å². The third-order valence-corrected chi connectivity index (χ3v) is 4.89. The number of aliphatic hydroxyl groups is 1. The van der Waals surface area contributed by atoms with Crippen LogP contribution >= 0.6 is 0 Å². The summed E-state index contributed by atoms with van der Waals surface area (Å²) in [5.41, 5.74) is 7.80. The highest BCUT2D eigenvalue weighted by molar-refractivity contribution is 5.40. The average molecular weight is 245 g/mol. The van der Waals surface area contributed by atoms with E-state index in [2.05, 4.69) is 12.1 Å². The normalized spacial score (nSPS) is 33.1. The van der Waals surface area contributed by atoms with Gasteiger partial charge in [0.15, 0.2) is 0 Å². The van der Waals surface area contributed by atoms with Gasteiger partial charge in [-0.3, -0.25) is 0 Å². The number of rotatable bonds is 1. The molecular weight excluding hydrogens is 222 g/mol. The number of fused-ring (bicyclic) bond motifs is 1. The summed E-state index contributed by atoms with van der Waals surface area (Å²) in [6.45, 7) is 0. The lowest BCUT2D eigenvalue weighted by molar-refractivity contribution is -0.0324. The van der Waals surface area contributed by atoms with Crippen molar-refractivity contribution in [3.8, 4) is 0 Å². The van der Waals surface area contributed by atoms with Gasteiger partial charge in [-0.25, -0.2) is 0 Å². The average Bonchev–Trinajstić information content (AvgIpc) is 2.61. The van der Waals surface area contributed by atoms with Crippen molar-refractivity contribution in [3.05, 3.63) is 35.4 Å². The molecule has 2 nitrogen and oxygen atoms in total. The van der Waals surface area contributed by atoms with Crippen molar-refractivity contribution < 1.29 is 5.11 Å². The lowest BCUT2D eigenvalue weighted by Crippen LogP contribution is -2.33. The highest BCUT2D eigenvalue weighted by Gasteiger charge is 2.46. The van der Waals surface area contributed by atoms with Crippen molar-refractivity contribution in [1.82, 2.24) is 0 Å². The van der Waals surface area contributed by atoms with Crippen LogP contribution in [0.25, 0.3) is 0 Å². The van der Waals surface area contributed by atoms with Crippen LogP contribution in [0, 0.1) is 5.92 Å². The summed E-state index contributed by atoms with van der Waals surface area (Å²) in [5.74, 6) is 0.398. The number of nitrogens with two attached hydrogens (primary N) is 1. The lowest BCUT2D eigenvalue weighted by atomic mass is 9.78. The summed E-state index contributed by atoms with van der Waals surface area (Å²) in [4.78, 5) is 0. The molecule has 0 radical (unpaired) electrons. The second-order valence-electron chi connectivity index (χ2n) is 6.01. The van der Waals surface area contributed by atoms with E-state index >= 15 is 0 Å². The molecule has 1 fully saturated rings. The molecule has 2 atom stereocenters. The van der Waals surface area contributed by atoms with Gasteiger partial charge in [-0.05, 0) is 36.3 Å². The topological polar surface area (TPSA) is 46.2 Å². The summed E-state index contributed by atoms with van der Waals surface area (Å²) >= 11 is 0. The minimum absolute atomic E-state index is 0.00875. The minimum atomic E-state index is -0.666. The van der Waals surface area contributed by atoms with Crippen LogP contribution in [0.15, 0.2) is 24.3 Å². The lowest BCUT2D eigenvalue weighted by Gasteiger charge is -2.33. The zero-order chi connectivity index (χ0) is 12.6. The molecule has 1 saturated carbocycles. The second kappa shape index (κ2) is 4.67. The Morgan fingerprint density at radius 2 is 1.72 bits per heavy atom. The number of hydrogen-bond donors (Lipinski definition) is 2. The van der Waals surface area contributed by atoms with Crippen LogP contribution in [0.2, 0.25) is 0 Å². The molecule has 3 N–H and O–H groups in total. The molecule has 2 aliphatic rings. The van der Waals surface area contributed by atoms with Crippen molar-refractivity contribution in [2.45, 2.75) is 56.6 Å². The molecule has 0 aliphatic heterocycles. The Bertz CT molecular complexity index is 423. The summed E-state index contributed by atoms with van der Waals surface area (Å²) in [6.07, 6.45) is 8.15. The van der Waals surface area contributed by atoms with E-state index in [4.69, 9.17) is 5.73 Å². The maximum absolute atomic E-state index is 11.2. The molecule has 18 heavy (non-hydrogen) atoms. The molecule has 1 aromatic carbocycles. The first-order valence-electron chi connectivity index (χ1n) is 7.29. The summed E-state index contributed by atoms with van der Waals surface area (Å²) in [5, 5.41) is 11.2. The van der Waals surface area contributed by atoms with E-state index in [0.29, 0.717) is 12.3 Å². The van der Waals surface area contributed by atoms with Gasteiger partial charge < -0.3 is 10.8 Å². The second-order valence-corrected chi connectivity index (χ2v) is 6.01. The van der Waals surface area contributed by atoms with Gasteiger partial charge in [0, 0.05) is 6.04 Å². The van der Waals surface area contributed by atoms with E-state index in [9.17, 15) is 5.11 Å². The Morgan fingerprint density at radius 1 is 1.06 bits per heavy atom. The molecule has 0 bridgehead atoms. The molecule has 2 unspecified atom stereocenters. The third-order valence-electron chi connectivity index (χ3n) is 4.89. The largest absolute Gasteiger partial charge is 0.385 e. The molecule has 98 valence electrons. The maximum atomic E-state index is 11.2. The molecule has 0 heterocycles. The highest BCUT2D eigenvalue weighted by Crippen LogP contribution is 2.49. The van der Waals surface area contributed by atoms with Crippen LogP contribution in [0.5, 0.6) is 0 Å². The van der Waals surface area contributed by atoms with E-state index in [1.54, 1.807) is 0 Å². The minimum Gasteiger partial charge on any atom is -0.385 e. The molecule has 3 rings (SSSR count). The SMILES string of the molecule is NC1CC(O)(C2CCCCCC2)c2ccccc21. The molecule has 1 aromatic rings. The Hall–Kier alpha value is -0.860. The van der Waals surface area contributed by atoms with Crippen LogP contribution in [0.4, 0.5) is 0 Å². The monoisotopic (exact) mass is 245 g/mol. The van der Waals surface area contributed by atoms with Crippen LogP contribution in [-0.4, -0.2) is 5.11 Å². The van der Waals surface area contributed by atoms with E-state index in [1.807, 2.05) is 12.1 Å². The third kappa shape index (κ3) is 1.88. The molecule has 0 saturated heterocycles. The van der Waals surface area contributed by atoms with Gasteiger partial charge in [0.25, 0.3) is 0 Å². The highest BCUT2D eigenvalue weighted by atomic mass is 16.3. The van der Waals surface area contributed by atoms with E-state index in [-0.39, 0.29) is 6.04 Å². The van der Waals surface area contributed by atoms with Crippen LogP contribution < -0.4 is 5.73 Å². The molecule has 0 aromatic heterocycles. The fourth-order valence-electron chi connectivity index (χ4n) is 3.91. The molecule has 2 heteroatoms. The predicted molar refractivity (Wildman–Crippen MR) is 73.1 cm³/mol. The molecule has 0 spiro atoms. The zero-order valence-corrected chi connectivity index (χ0v) is 10.9. The molecular formula is C16H23NO. The van der Waals surface area contributed by atoms with Gasteiger partial charge in [0.1, 0.15) is 0 Å². The van der Waals surface area contributed by atoms with Crippen molar-refractivity contribution in [3.63, 3.8) is 0 Å². The number of benzene rings is 1. The predicted octanol–water partition coefficient (Wildman–Crippen LogP) is 3.25. The first-order valence-corrected chi connectivity index (χ1v) is 7.29. The van der Waals surface area contributed by atoms with E-state index < -0.39 is 5.60 Å². The van der Waals surface area contributed by atoms with Crippen LogP contribution in [0.3, 0.4) is 0 Å². The van der Waals surface area contributed by atoms with Gasteiger partial charge in [0.05, 0.1) is 5.60 Å². The summed E-state index contributed by atoms with van der Waals surface area (Å²) in [7, 11) is 0. The van der Waals surface area contributed by atoms with E-state index in [1.165, 1.54) is 25.7 Å². The summed E-state index contributed by atoms with van der Waals surface area (Å²) in [6, 6.07) is 8.21. The van der Waals surface area contributed by atoms with Crippen molar-refractivity contribution >= 4 is 0 Å². The van der Waals surface area contributed by atoms with E-state index in [0.717, 1.165) is 24.0 Å². The Balaban J connectivity index is 1.95. The Labute approximate surface area is 109 Å². The van der Waals surface area contributed by atoms with Gasteiger partial charge >= 0.3 is 0 Å². The quantitative estimate of drug-likeness (QED) is 0.746. The fraction of sp³-hybridized carbons (Fsp3) is 0.625. The standard InChI is InChI=1S/C16H23NO/c17-15-11-16(18,12-7-3-1-2-4-8-12)14-10-6-5-9-13(14)15/h5-6,9-10,12,15,18H,1-4,7-8,11,17H2. The first-order chi connectivity index (χ1) is 8.72. The molecule has 0 amide bonds. The van der Waals surface area contributed by atoms with Crippen LogP contribution in [0.1, 0.15) is 62.1 Å². The molecule has 2 aliphatic carbocycles. The fourth-order valence-corrected chi connectivity index (χ4v) is 3.91. The van der Waals surface area contributed by atoms with Gasteiger partial charge in [-0.15, -0.1) is 0 Å². The first kappa shape index (κ1) is 12.2. The van der Waals surface area contributed by atoms with Gasteiger partial charge in [-0.2, -0.15) is 0 Å².